The number of hydrogen-bond donors (Lipinski definition) is 1. The highest BCUT2D eigenvalue weighted by molar-refractivity contribution is 5.78. The van der Waals surface area contributed by atoms with E-state index in [-0.39, 0.29) is 24.2 Å². The van der Waals surface area contributed by atoms with E-state index in [9.17, 15) is 4.79 Å². The first kappa shape index (κ1) is 18.3. The van der Waals surface area contributed by atoms with Crippen molar-refractivity contribution < 1.29 is 14.3 Å². The molecule has 0 aromatic heterocycles. The first-order chi connectivity index (χ1) is 12.4. The zero-order valence-corrected chi connectivity index (χ0v) is 16.0. The lowest BCUT2D eigenvalue weighted by atomic mass is 9.89. The lowest BCUT2D eigenvalue weighted by Crippen LogP contribution is -2.42. The molecule has 0 saturated carbocycles. The number of fused-ring (bicyclic) bond motifs is 1. The van der Waals surface area contributed by atoms with Gasteiger partial charge in [0.1, 0.15) is 17.1 Å². The third kappa shape index (κ3) is 4.37. The van der Waals surface area contributed by atoms with Crippen LogP contribution in [0.3, 0.4) is 0 Å². The first-order valence-corrected chi connectivity index (χ1v) is 9.17. The van der Waals surface area contributed by atoms with Crippen LogP contribution in [0.1, 0.15) is 49.9 Å². The van der Waals surface area contributed by atoms with E-state index in [1.807, 2.05) is 57.2 Å². The summed E-state index contributed by atoms with van der Waals surface area (Å²) in [5, 5.41) is 3.11. The molecule has 1 aliphatic rings. The fourth-order valence-electron chi connectivity index (χ4n) is 3.31. The minimum Gasteiger partial charge on any atom is -0.487 e. The molecule has 2 aromatic rings. The number of rotatable bonds is 5. The van der Waals surface area contributed by atoms with Crippen LogP contribution in [0.4, 0.5) is 0 Å². The molecule has 2 aromatic carbocycles. The fraction of sp³-hybridized carbons (Fsp3) is 0.409. The quantitative estimate of drug-likeness (QED) is 0.869. The molecule has 1 aliphatic heterocycles. The van der Waals surface area contributed by atoms with Crippen molar-refractivity contribution in [1.29, 1.82) is 0 Å². The molecule has 0 fully saturated rings. The molecule has 1 heterocycles. The summed E-state index contributed by atoms with van der Waals surface area (Å²) in [6.07, 6.45) is 1.71. The molecule has 0 saturated heterocycles. The standard InChI is InChI=1S/C22H27NO3/c1-5-16-7-9-17(10-8-16)25-14-21(24)23-19-13-22(3,4)26-20-11-6-15(2)12-18(19)20/h6-12,19H,5,13-14H2,1-4H3,(H,23,24)/t19-/m1/s1. The van der Waals surface area contributed by atoms with Gasteiger partial charge < -0.3 is 14.8 Å². The summed E-state index contributed by atoms with van der Waals surface area (Å²) in [6, 6.07) is 13.9. The van der Waals surface area contributed by atoms with Crippen LogP contribution >= 0.6 is 0 Å². The summed E-state index contributed by atoms with van der Waals surface area (Å²) in [5.74, 6) is 1.42. The van der Waals surface area contributed by atoms with E-state index < -0.39 is 0 Å². The summed E-state index contributed by atoms with van der Waals surface area (Å²) >= 11 is 0. The Morgan fingerprint density at radius 3 is 2.65 bits per heavy atom. The van der Waals surface area contributed by atoms with E-state index in [0.717, 1.165) is 29.7 Å². The average molecular weight is 353 g/mol. The van der Waals surface area contributed by atoms with Crippen molar-refractivity contribution in [1.82, 2.24) is 5.32 Å². The van der Waals surface area contributed by atoms with Gasteiger partial charge in [-0.15, -0.1) is 0 Å². The zero-order valence-electron chi connectivity index (χ0n) is 16.0. The molecule has 4 nitrogen and oxygen atoms in total. The highest BCUT2D eigenvalue weighted by Gasteiger charge is 2.34. The number of hydrogen-bond acceptors (Lipinski definition) is 3. The van der Waals surface area contributed by atoms with E-state index in [1.54, 1.807) is 0 Å². The molecule has 4 heteroatoms. The van der Waals surface area contributed by atoms with Crippen molar-refractivity contribution in [3.8, 4) is 11.5 Å². The lowest BCUT2D eigenvalue weighted by molar-refractivity contribution is -0.124. The van der Waals surface area contributed by atoms with Crippen molar-refractivity contribution in [3.63, 3.8) is 0 Å². The van der Waals surface area contributed by atoms with E-state index in [2.05, 4.69) is 18.3 Å². The minimum atomic E-state index is -0.322. The minimum absolute atomic E-state index is 0.00437. The van der Waals surface area contributed by atoms with Gasteiger partial charge in [-0.1, -0.05) is 36.8 Å². The smallest absolute Gasteiger partial charge is 0.258 e. The molecule has 26 heavy (non-hydrogen) atoms. The lowest BCUT2D eigenvalue weighted by Gasteiger charge is -2.38. The molecular formula is C22H27NO3. The van der Waals surface area contributed by atoms with Crippen molar-refractivity contribution in [2.75, 3.05) is 6.61 Å². The van der Waals surface area contributed by atoms with E-state index in [0.29, 0.717) is 5.75 Å². The second-order valence-corrected chi connectivity index (χ2v) is 7.51. The molecule has 1 amide bonds. The Hall–Kier alpha value is -2.49. The molecule has 1 N–H and O–H groups in total. The third-order valence-electron chi connectivity index (χ3n) is 4.66. The van der Waals surface area contributed by atoms with Crippen molar-refractivity contribution in [3.05, 3.63) is 59.2 Å². The Labute approximate surface area is 155 Å². The van der Waals surface area contributed by atoms with Gasteiger partial charge in [0.25, 0.3) is 5.91 Å². The Bertz CT molecular complexity index is 780. The Balaban J connectivity index is 1.65. The fourth-order valence-corrected chi connectivity index (χ4v) is 3.31. The highest BCUT2D eigenvalue weighted by atomic mass is 16.5. The van der Waals surface area contributed by atoms with Crippen LogP contribution in [0.2, 0.25) is 0 Å². The Kier molecular flexibility index (Phi) is 5.21. The molecular weight excluding hydrogens is 326 g/mol. The van der Waals surface area contributed by atoms with Crippen molar-refractivity contribution in [2.24, 2.45) is 0 Å². The van der Waals surface area contributed by atoms with Gasteiger partial charge in [0.15, 0.2) is 6.61 Å². The predicted octanol–water partition coefficient (Wildman–Crippen LogP) is 4.35. The molecule has 0 bridgehead atoms. The number of nitrogens with one attached hydrogen (secondary N) is 1. The SMILES string of the molecule is CCc1ccc(OCC(=O)N[C@@H]2CC(C)(C)Oc3ccc(C)cc32)cc1. The van der Waals surface area contributed by atoms with Crippen LogP contribution in [0.15, 0.2) is 42.5 Å². The summed E-state index contributed by atoms with van der Waals surface area (Å²) in [5.41, 5.74) is 3.11. The van der Waals surface area contributed by atoms with Gasteiger partial charge in [-0.3, -0.25) is 4.79 Å². The number of ether oxygens (including phenoxy) is 2. The van der Waals surface area contributed by atoms with Gasteiger partial charge >= 0.3 is 0 Å². The zero-order chi connectivity index (χ0) is 18.7. The summed E-state index contributed by atoms with van der Waals surface area (Å²) in [7, 11) is 0. The van der Waals surface area contributed by atoms with Gasteiger partial charge in [0.2, 0.25) is 0 Å². The van der Waals surface area contributed by atoms with Gasteiger partial charge in [-0.2, -0.15) is 0 Å². The summed E-state index contributed by atoms with van der Waals surface area (Å²) in [6.45, 7) is 8.24. The van der Waals surface area contributed by atoms with Crippen molar-refractivity contribution in [2.45, 2.75) is 52.2 Å². The van der Waals surface area contributed by atoms with Gasteiger partial charge in [-0.25, -0.2) is 0 Å². The van der Waals surface area contributed by atoms with Crippen molar-refractivity contribution >= 4 is 5.91 Å². The summed E-state index contributed by atoms with van der Waals surface area (Å²) < 4.78 is 11.7. The molecule has 138 valence electrons. The molecule has 0 unspecified atom stereocenters. The van der Waals surface area contributed by atoms with Crippen LogP contribution in [-0.2, 0) is 11.2 Å². The maximum absolute atomic E-state index is 12.4. The van der Waals surface area contributed by atoms with E-state index in [4.69, 9.17) is 9.47 Å². The van der Waals surface area contributed by atoms with Crippen LogP contribution in [0, 0.1) is 6.92 Å². The molecule has 1 atom stereocenters. The number of aryl methyl sites for hydroxylation is 2. The maximum atomic E-state index is 12.4. The van der Waals surface area contributed by atoms with Crippen LogP contribution < -0.4 is 14.8 Å². The monoisotopic (exact) mass is 353 g/mol. The highest BCUT2D eigenvalue weighted by Crippen LogP contribution is 2.39. The second kappa shape index (κ2) is 7.40. The van der Waals surface area contributed by atoms with E-state index >= 15 is 0 Å². The molecule has 0 aliphatic carbocycles. The molecule has 0 spiro atoms. The Morgan fingerprint density at radius 2 is 1.96 bits per heavy atom. The normalized spacial score (nSPS) is 17.8. The summed E-state index contributed by atoms with van der Waals surface area (Å²) in [4.78, 5) is 12.4. The van der Waals surface area contributed by atoms with Crippen LogP contribution in [0.25, 0.3) is 0 Å². The third-order valence-corrected chi connectivity index (χ3v) is 4.66. The predicted molar refractivity (Wildman–Crippen MR) is 103 cm³/mol. The number of amides is 1. The second-order valence-electron chi connectivity index (χ2n) is 7.51. The van der Waals surface area contributed by atoms with Crippen LogP contribution in [0.5, 0.6) is 11.5 Å². The first-order valence-electron chi connectivity index (χ1n) is 9.17. The number of benzene rings is 2. The maximum Gasteiger partial charge on any atom is 0.258 e. The average Bonchev–Trinajstić information content (AvgIpc) is 2.60. The van der Waals surface area contributed by atoms with Gasteiger partial charge in [0.05, 0.1) is 6.04 Å². The topological polar surface area (TPSA) is 47.6 Å². The molecule has 3 rings (SSSR count). The van der Waals surface area contributed by atoms with Crippen LogP contribution in [-0.4, -0.2) is 18.1 Å². The Morgan fingerprint density at radius 1 is 1.23 bits per heavy atom. The number of carbonyl (C=O) groups is 1. The molecule has 0 radical (unpaired) electrons. The van der Waals surface area contributed by atoms with Gasteiger partial charge in [0, 0.05) is 12.0 Å². The van der Waals surface area contributed by atoms with E-state index in [1.165, 1.54) is 5.56 Å². The largest absolute Gasteiger partial charge is 0.487 e. The number of carbonyl (C=O) groups excluding carboxylic acids is 1. The van der Waals surface area contributed by atoms with Gasteiger partial charge in [-0.05, 0) is 51.0 Å².